The number of methoxy groups -OCH3 is 1. The van der Waals surface area contributed by atoms with Crippen LogP contribution in [0.15, 0.2) is 114 Å². The lowest BCUT2D eigenvalue weighted by molar-refractivity contribution is -0.146. The highest BCUT2D eigenvalue weighted by Crippen LogP contribution is 2.40. The van der Waals surface area contributed by atoms with Gasteiger partial charge in [0.2, 0.25) is 16.3 Å². The van der Waals surface area contributed by atoms with E-state index >= 15 is 0 Å². The molecule has 0 fully saturated rings. The highest BCUT2D eigenvalue weighted by atomic mass is 32.2. The standard InChI is InChI=1S/C38H40N2O7S/c1-45-32-12-14-33(15-13-32)48(43,44)40(19-21-41)20-22-46-37-26-30(25-36(47-37)38(42)39-18-17-27-7-3-2-4-8-27)28-11-16-35-31(23-28)24-29-9-5-6-10-34(29)35/h2-16,23,25,30,37,41H,17-22,24,26H2,1H3,(H,39,42)/t30-,37+/m0/s1. The highest BCUT2D eigenvalue weighted by Gasteiger charge is 2.31. The predicted octanol–water partition coefficient (Wildman–Crippen LogP) is 5.04. The molecule has 0 spiro atoms. The fourth-order valence-corrected chi connectivity index (χ4v) is 7.66. The largest absolute Gasteiger partial charge is 0.497 e. The molecule has 6 rings (SSSR count). The van der Waals surface area contributed by atoms with E-state index in [0.717, 1.165) is 17.5 Å². The monoisotopic (exact) mass is 668 g/mol. The molecule has 1 aliphatic heterocycles. The summed E-state index contributed by atoms with van der Waals surface area (Å²) in [5.41, 5.74) is 7.17. The third kappa shape index (κ3) is 7.63. The number of fused-ring (bicyclic) bond motifs is 3. The number of nitrogens with one attached hydrogen (secondary N) is 1. The summed E-state index contributed by atoms with van der Waals surface area (Å²) in [6.45, 7) is -0.0296. The van der Waals surface area contributed by atoms with Crippen molar-refractivity contribution in [2.24, 2.45) is 0 Å². The predicted molar refractivity (Wildman–Crippen MR) is 183 cm³/mol. The Bertz CT molecular complexity index is 1860. The molecule has 9 nitrogen and oxygen atoms in total. The lowest BCUT2D eigenvalue weighted by Gasteiger charge is -2.30. The Hall–Kier alpha value is -4.48. The number of carbonyl (C=O) groups excluding carboxylic acids is 1. The zero-order valence-electron chi connectivity index (χ0n) is 26.9. The molecule has 0 unspecified atom stereocenters. The van der Waals surface area contributed by atoms with E-state index in [4.69, 9.17) is 14.2 Å². The number of ether oxygens (including phenoxy) is 3. The van der Waals surface area contributed by atoms with Gasteiger partial charge >= 0.3 is 0 Å². The molecule has 1 amide bonds. The number of hydrogen-bond acceptors (Lipinski definition) is 7. The van der Waals surface area contributed by atoms with Crippen molar-refractivity contribution in [2.45, 2.75) is 36.4 Å². The quantitative estimate of drug-likeness (QED) is 0.171. The van der Waals surface area contributed by atoms with Crippen molar-refractivity contribution in [2.75, 3.05) is 40.0 Å². The molecule has 0 saturated heterocycles. The van der Waals surface area contributed by atoms with Gasteiger partial charge in [-0.25, -0.2) is 8.42 Å². The fraction of sp³-hybridized carbons (Fsp3) is 0.289. The molecule has 0 bridgehead atoms. The zero-order chi connectivity index (χ0) is 33.5. The van der Waals surface area contributed by atoms with E-state index in [-0.39, 0.29) is 48.8 Å². The first-order valence-electron chi connectivity index (χ1n) is 16.1. The zero-order valence-corrected chi connectivity index (χ0v) is 27.7. The molecule has 0 aromatic heterocycles. The maximum atomic E-state index is 13.4. The van der Waals surface area contributed by atoms with E-state index in [0.29, 0.717) is 25.1 Å². The van der Waals surface area contributed by atoms with E-state index in [9.17, 15) is 18.3 Å². The van der Waals surface area contributed by atoms with Crippen molar-refractivity contribution >= 4 is 15.9 Å². The smallest absolute Gasteiger partial charge is 0.286 e. The molecule has 250 valence electrons. The molecule has 10 heteroatoms. The summed E-state index contributed by atoms with van der Waals surface area (Å²) in [5.74, 6) is 0.216. The number of aliphatic hydroxyl groups is 1. The second kappa shape index (κ2) is 15.2. The summed E-state index contributed by atoms with van der Waals surface area (Å²) in [7, 11) is -2.40. The Kier molecular flexibility index (Phi) is 10.6. The summed E-state index contributed by atoms with van der Waals surface area (Å²) in [5, 5.41) is 12.6. The average Bonchev–Trinajstić information content (AvgIpc) is 3.49. The van der Waals surface area contributed by atoms with Crippen LogP contribution >= 0.6 is 0 Å². The van der Waals surface area contributed by atoms with Crippen molar-refractivity contribution in [1.82, 2.24) is 9.62 Å². The van der Waals surface area contributed by atoms with Crippen LogP contribution in [0.1, 0.15) is 34.6 Å². The van der Waals surface area contributed by atoms with Gasteiger partial charge in [-0.05, 0) is 76.6 Å². The van der Waals surface area contributed by atoms with Crippen LogP contribution in [0.2, 0.25) is 0 Å². The second-order valence-electron chi connectivity index (χ2n) is 11.8. The molecule has 4 aromatic carbocycles. The van der Waals surface area contributed by atoms with Crippen LogP contribution in [0.3, 0.4) is 0 Å². The van der Waals surface area contributed by atoms with E-state index in [1.165, 1.54) is 45.8 Å². The first kappa shape index (κ1) is 33.4. The van der Waals surface area contributed by atoms with Gasteiger partial charge in [0.1, 0.15) is 5.75 Å². The Morgan fingerprint density at radius 1 is 0.938 bits per heavy atom. The van der Waals surface area contributed by atoms with Gasteiger partial charge in [0.05, 0.1) is 25.2 Å². The van der Waals surface area contributed by atoms with Gasteiger partial charge in [0, 0.05) is 32.0 Å². The van der Waals surface area contributed by atoms with Gasteiger partial charge in [-0.2, -0.15) is 4.31 Å². The number of hydrogen-bond donors (Lipinski definition) is 2. The molecular formula is C38H40N2O7S. The summed E-state index contributed by atoms with van der Waals surface area (Å²) in [6, 6.07) is 30.9. The third-order valence-corrected chi connectivity index (χ3v) is 10.7. The molecule has 4 aromatic rings. The molecule has 2 aliphatic rings. The van der Waals surface area contributed by atoms with Crippen molar-refractivity contribution in [3.8, 4) is 16.9 Å². The maximum absolute atomic E-state index is 13.4. The first-order valence-corrected chi connectivity index (χ1v) is 17.6. The maximum Gasteiger partial charge on any atom is 0.286 e. The lowest BCUT2D eigenvalue weighted by Crippen LogP contribution is -2.38. The van der Waals surface area contributed by atoms with Gasteiger partial charge < -0.3 is 24.6 Å². The minimum atomic E-state index is -3.91. The summed E-state index contributed by atoms with van der Waals surface area (Å²) < 4.78 is 45.3. The summed E-state index contributed by atoms with van der Waals surface area (Å²) >= 11 is 0. The van der Waals surface area contributed by atoms with E-state index in [2.05, 4.69) is 47.8 Å². The molecular weight excluding hydrogens is 628 g/mol. The van der Waals surface area contributed by atoms with Gasteiger partial charge in [0.25, 0.3) is 5.91 Å². The van der Waals surface area contributed by atoms with E-state index < -0.39 is 16.3 Å². The highest BCUT2D eigenvalue weighted by molar-refractivity contribution is 7.89. The van der Waals surface area contributed by atoms with Crippen LogP contribution in [0, 0.1) is 0 Å². The molecule has 2 N–H and O–H groups in total. The topological polar surface area (TPSA) is 114 Å². The summed E-state index contributed by atoms with van der Waals surface area (Å²) in [6.07, 6.45) is 3.03. The number of allylic oxidation sites excluding steroid dienone is 1. The van der Waals surface area contributed by atoms with Crippen LogP contribution in [-0.2, 0) is 37.1 Å². The van der Waals surface area contributed by atoms with Crippen LogP contribution < -0.4 is 10.1 Å². The molecule has 1 heterocycles. The molecule has 2 atom stereocenters. The van der Waals surface area contributed by atoms with Crippen LogP contribution in [0.25, 0.3) is 11.1 Å². The fourth-order valence-electron chi connectivity index (χ4n) is 6.24. The molecule has 0 radical (unpaired) electrons. The number of carbonyl (C=O) groups is 1. The van der Waals surface area contributed by atoms with Gasteiger partial charge in [0.15, 0.2) is 5.76 Å². The Morgan fingerprint density at radius 3 is 2.46 bits per heavy atom. The first-order chi connectivity index (χ1) is 23.4. The Balaban J connectivity index is 1.17. The van der Waals surface area contributed by atoms with Gasteiger partial charge in [-0.15, -0.1) is 0 Å². The molecule has 1 aliphatic carbocycles. The van der Waals surface area contributed by atoms with Crippen LogP contribution in [0.5, 0.6) is 5.75 Å². The summed E-state index contributed by atoms with van der Waals surface area (Å²) in [4.78, 5) is 13.4. The number of sulfonamides is 1. The second-order valence-corrected chi connectivity index (χ2v) is 13.8. The number of nitrogens with zero attached hydrogens (tertiary/aromatic N) is 1. The molecule has 48 heavy (non-hydrogen) atoms. The Labute approximate surface area is 281 Å². The lowest BCUT2D eigenvalue weighted by atomic mass is 9.90. The molecule has 0 saturated carbocycles. The van der Waals surface area contributed by atoms with Crippen molar-refractivity contribution < 1.29 is 32.5 Å². The van der Waals surface area contributed by atoms with Gasteiger partial charge in [-0.3, -0.25) is 4.79 Å². The third-order valence-electron chi connectivity index (χ3n) is 8.76. The average molecular weight is 669 g/mol. The van der Waals surface area contributed by atoms with Gasteiger partial charge in [-0.1, -0.05) is 72.8 Å². The van der Waals surface area contributed by atoms with Crippen LogP contribution in [0.4, 0.5) is 0 Å². The minimum absolute atomic E-state index is 0.00479. The van der Waals surface area contributed by atoms with Crippen molar-refractivity contribution in [3.63, 3.8) is 0 Å². The number of aliphatic hydroxyl groups excluding tert-OH is 1. The number of rotatable bonds is 14. The minimum Gasteiger partial charge on any atom is -0.497 e. The number of amides is 1. The normalized spacial score (nSPS) is 16.9. The SMILES string of the molecule is COc1ccc(S(=O)(=O)N(CCO)CCO[C@H]2C[C@@H](c3ccc4c(c3)Cc3ccccc3-4)C=C(C(=O)NCCc3ccccc3)O2)cc1. The number of benzene rings is 4. The van der Waals surface area contributed by atoms with Crippen molar-refractivity contribution in [1.29, 1.82) is 0 Å². The van der Waals surface area contributed by atoms with Crippen molar-refractivity contribution in [3.05, 3.63) is 131 Å². The van der Waals surface area contributed by atoms with E-state index in [1.807, 2.05) is 36.4 Å². The van der Waals surface area contributed by atoms with Crippen LogP contribution in [-0.4, -0.2) is 70.0 Å². The Morgan fingerprint density at radius 2 is 1.69 bits per heavy atom. The van der Waals surface area contributed by atoms with E-state index in [1.54, 1.807) is 12.1 Å².